The number of nitrogens with zero attached hydrogens (tertiary/aromatic N) is 1. The number of fused-ring (bicyclic) bond motifs is 5. The lowest BCUT2D eigenvalue weighted by Crippen LogP contribution is -2.06. The number of hydrogen-bond donors (Lipinski definition) is 0. The predicted molar refractivity (Wildman–Crippen MR) is 106 cm³/mol. The van der Waals surface area contributed by atoms with Crippen LogP contribution in [0.1, 0.15) is 61.1 Å². The molecule has 1 heteroatoms. The molecule has 2 heterocycles. The van der Waals surface area contributed by atoms with E-state index in [-0.39, 0.29) is 0 Å². The quantitative estimate of drug-likeness (QED) is 0.473. The number of hydrogen-bond acceptors (Lipinski definition) is 0. The first-order chi connectivity index (χ1) is 12.3. The number of aromatic nitrogens is 1. The van der Waals surface area contributed by atoms with Gasteiger partial charge in [0.05, 0.1) is 5.69 Å². The van der Waals surface area contributed by atoms with E-state index >= 15 is 0 Å². The Hall–Kier alpha value is -2.02. The van der Waals surface area contributed by atoms with Crippen LogP contribution < -0.4 is 0 Å². The standard InChI is InChI=1S/C24H27N/c1-17-13-14-21-22(16-17)25-15-7-11-18-8-5-6-12-20(18)24(25)23(21)19-9-3-2-4-10-19/h5-6,8,12-14,16,19H,2-4,7,9-11,15H2,1H3. The summed E-state index contributed by atoms with van der Waals surface area (Å²) >= 11 is 0. The van der Waals surface area contributed by atoms with Gasteiger partial charge in [0.15, 0.2) is 0 Å². The highest BCUT2D eigenvalue weighted by Crippen LogP contribution is 2.46. The number of benzene rings is 2. The minimum atomic E-state index is 0.737. The molecule has 0 N–H and O–H groups in total. The lowest BCUT2D eigenvalue weighted by molar-refractivity contribution is 0.445. The van der Waals surface area contributed by atoms with Crippen molar-refractivity contribution in [3.63, 3.8) is 0 Å². The van der Waals surface area contributed by atoms with E-state index in [1.165, 1.54) is 72.5 Å². The minimum absolute atomic E-state index is 0.737. The maximum Gasteiger partial charge on any atom is 0.0529 e. The first kappa shape index (κ1) is 15.3. The van der Waals surface area contributed by atoms with Crippen LogP contribution in [0.5, 0.6) is 0 Å². The molecule has 1 aromatic heterocycles. The number of aryl methyl sites for hydroxylation is 3. The molecule has 1 saturated carbocycles. The zero-order valence-corrected chi connectivity index (χ0v) is 15.2. The van der Waals surface area contributed by atoms with Crippen molar-refractivity contribution in [1.82, 2.24) is 4.57 Å². The molecule has 3 aromatic rings. The molecule has 1 aliphatic heterocycles. The van der Waals surface area contributed by atoms with Gasteiger partial charge in [0, 0.05) is 23.0 Å². The topological polar surface area (TPSA) is 4.93 Å². The van der Waals surface area contributed by atoms with Gasteiger partial charge in [-0.15, -0.1) is 0 Å². The molecule has 0 spiro atoms. The highest BCUT2D eigenvalue weighted by molar-refractivity contribution is 5.93. The average Bonchev–Trinajstić information content (AvgIpc) is 2.84. The van der Waals surface area contributed by atoms with E-state index in [9.17, 15) is 0 Å². The van der Waals surface area contributed by atoms with Crippen molar-refractivity contribution in [3.8, 4) is 11.3 Å². The van der Waals surface area contributed by atoms with E-state index in [0.717, 1.165) is 12.5 Å². The van der Waals surface area contributed by atoms with Gasteiger partial charge in [-0.25, -0.2) is 0 Å². The van der Waals surface area contributed by atoms with Crippen LogP contribution in [-0.2, 0) is 13.0 Å². The van der Waals surface area contributed by atoms with Crippen LogP contribution in [0.2, 0.25) is 0 Å². The van der Waals surface area contributed by atoms with Crippen LogP contribution >= 0.6 is 0 Å². The number of rotatable bonds is 1. The summed E-state index contributed by atoms with van der Waals surface area (Å²) in [6.45, 7) is 3.38. The molecule has 5 rings (SSSR count). The summed E-state index contributed by atoms with van der Waals surface area (Å²) in [4.78, 5) is 0. The normalized spacial score (nSPS) is 18.0. The SMILES string of the molecule is Cc1ccc2c(C3CCCCC3)c3n(c2c1)CCCc1ccccc1-3. The average molecular weight is 329 g/mol. The van der Waals surface area contributed by atoms with Crippen LogP contribution in [-0.4, -0.2) is 4.57 Å². The summed E-state index contributed by atoms with van der Waals surface area (Å²) in [5.41, 5.74) is 9.07. The van der Waals surface area contributed by atoms with Crippen LogP contribution in [0.4, 0.5) is 0 Å². The second-order valence-corrected chi connectivity index (χ2v) is 8.03. The molecule has 2 aliphatic rings. The molecule has 2 aromatic carbocycles. The van der Waals surface area contributed by atoms with Crippen molar-refractivity contribution in [2.45, 2.75) is 64.3 Å². The molecule has 0 amide bonds. The van der Waals surface area contributed by atoms with Crippen molar-refractivity contribution >= 4 is 10.9 Å². The second kappa shape index (κ2) is 6.05. The summed E-state index contributed by atoms with van der Waals surface area (Å²) in [5.74, 6) is 0.737. The molecule has 0 atom stereocenters. The highest BCUT2D eigenvalue weighted by atomic mass is 15.0. The summed E-state index contributed by atoms with van der Waals surface area (Å²) in [5, 5.41) is 1.52. The molecule has 0 bridgehead atoms. The van der Waals surface area contributed by atoms with E-state index in [1.807, 2.05) is 0 Å². The third-order valence-electron chi connectivity index (χ3n) is 6.37. The van der Waals surface area contributed by atoms with Crippen LogP contribution in [0.15, 0.2) is 42.5 Å². The Morgan fingerprint density at radius 1 is 0.920 bits per heavy atom. The third kappa shape index (κ3) is 2.44. The predicted octanol–water partition coefficient (Wildman–Crippen LogP) is 6.61. The Morgan fingerprint density at radius 3 is 2.64 bits per heavy atom. The van der Waals surface area contributed by atoms with Gasteiger partial charge in [-0.2, -0.15) is 0 Å². The Labute approximate surface area is 150 Å². The van der Waals surface area contributed by atoms with Gasteiger partial charge in [0.1, 0.15) is 0 Å². The second-order valence-electron chi connectivity index (χ2n) is 8.03. The molecular formula is C24H27N. The maximum absolute atomic E-state index is 2.65. The first-order valence-electron chi connectivity index (χ1n) is 10.0. The fraction of sp³-hybridized carbons (Fsp3) is 0.417. The van der Waals surface area contributed by atoms with Gasteiger partial charge >= 0.3 is 0 Å². The maximum atomic E-state index is 2.65. The molecule has 0 radical (unpaired) electrons. The molecule has 0 saturated heterocycles. The summed E-state index contributed by atoms with van der Waals surface area (Å²) < 4.78 is 2.65. The fourth-order valence-electron chi connectivity index (χ4n) is 5.21. The Balaban J connectivity index is 1.85. The molecular weight excluding hydrogens is 302 g/mol. The van der Waals surface area contributed by atoms with Gasteiger partial charge in [0.2, 0.25) is 0 Å². The van der Waals surface area contributed by atoms with Crippen molar-refractivity contribution in [1.29, 1.82) is 0 Å². The van der Waals surface area contributed by atoms with Gasteiger partial charge in [-0.3, -0.25) is 0 Å². The van der Waals surface area contributed by atoms with Gasteiger partial charge in [-0.1, -0.05) is 55.7 Å². The highest BCUT2D eigenvalue weighted by Gasteiger charge is 2.28. The zero-order valence-electron chi connectivity index (χ0n) is 15.2. The molecule has 128 valence electrons. The van der Waals surface area contributed by atoms with Crippen molar-refractivity contribution < 1.29 is 0 Å². The van der Waals surface area contributed by atoms with Crippen LogP contribution in [0.25, 0.3) is 22.2 Å². The Morgan fingerprint density at radius 2 is 1.76 bits per heavy atom. The lowest BCUT2D eigenvalue weighted by atomic mass is 9.81. The van der Waals surface area contributed by atoms with Gasteiger partial charge in [-0.05, 0) is 61.3 Å². The van der Waals surface area contributed by atoms with E-state index < -0.39 is 0 Å². The molecule has 1 aliphatic carbocycles. The van der Waals surface area contributed by atoms with Crippen molar-refractivity contribution in [3.05, 3.63) is 59.2 Å². The smallest absolute Gasteiger partial charge is 0.0529 e. The van der Waals surface area contributed by atoms with E-state index in [4.69, 9.17) is 0 Å². The largest absolute Gasteiger partial charge is 0.340 e. The molecule has 1 fully saturated rings. The Bertz CT molecular complexity index is 925. The first-order valence-corrected chi connectivity index (χ1v) is 10.0. The molecule has 25 heavy (non-hydrogen) atoms. The zero-order chi connectivity index (χ0) is 16.8. The monoisotopic (exact) mass is 329 g/mol. The van der Waals surface area contributed by atoms with Crippen LogP contribution in [0.3, 0.4) is 0 Å². The van der Waals surface area contributed by atoms with E-state index in [0.29, 0.717) is 0 Å². The van der Waals surface area contributed by atoms with Gasteiger partial charge in [0.25, 0.3) is 0 Å². The summed E-state index contributed by atoms with van der Waals surface area (Å²) in [6.07, 6.45) is 9.38. The molecule has 1 nitrogen and oxygen atoms in total. The summed E-state index contributed by atoms with van der Waals surface area (Å²) in [6, 6.07) is 16.3. The summed E-state index contributed by atoms with van der Waals surface area (Å²) in [7, 11) is 0. The third-order valence-corrected chi connectivity index (χ3v) is 6.37. The van der Waals surface area contributed by atoms with Crippen molar-refractivity contribution in [2.24, 2.45) is 0 Å². The lowest BCUT2D eigenvalue weighted by Gasteiger charge is -2.24. The minimum Gasteiger partial charge on any atom is -0.340 e. The van der Waals surface area contributed by atoms with Crippen molar-refractivity contribution in [2.75, 3.05) is 0 Å². The fourth-order valence-corrected chi connectivity index (χ4v) is 5.21. The molecule has 0 unspecified atom stereocenters. The Kier molecular flexibility index (Phi) is 3.69. The van der Waals surface area contributed by atoms with E-state index in [1.54, 1.807) is 11.3 Å². The van der Waals surface area contributed by atoms with E-state index in [2.05, 4.69) is 54.0 Å². The van der Waals surface area contributed by atoms with Crippen LogP contribution in [0, 0.1) is 6.92 Å². The van der Waals surface area contributed by atoms with Gasteiger partial charge < -0.3 is 4.57 Å².